The number of ether oxygens (including phenoxy) is 2. The van der Waals surface area contributed by atoms with Gasteiger partial charge in [0.25, 0.3) is 0 Å². The molecule has 0 radical (unpaired) electrons. The first-order chi connectivity index (χ1) is 19.1. The van der Waals surface area contributed by atoms with Crippen molar-refractivity contribution in [2.24, 2.45) is 0 Å². The third kappa shape index (κ3) is 6.81. The molecule has 0 saturated carbocycles. The van der Waals surface area contributed by atoms with Crippen molar-refractivity contribution in [2.75, 3.05) is 36.9 Å². The van der Waals surface area contributed by atoms with Gasteiger partial charge in [0.2, 0.25) is 5.91 Å². The SMILES string of the molecule is C=CC(=O)Nc1cc2c(Nc3ccc(OCc4ccccn4)c(Cl)c3)ncnc2cc1OCCN1CCCC1. The molecule has 0 unspecified atom stereocenters. The average Bonchev–Trinajstić information content (AvgIpc) is 3.47. The molecule has 0 spiro atoms. The molecule has 2 aromatic heterocycles. The zero-order valence-corrected chi connectivity index (χ0v) is 22.2. The molecule has 0 bridgehead atoms. The van der Waals surface area contributed by atoms with Crippen LogP contribution in [0.15, 0.2) is 73.7 Å². The van der Waals surface area contributed by atoms with E-state index >= 15 is 0 Å². The number of hydrogen-bond acceptors (Lipinski definition) is 8. The number of fused-ring (bicyclic) bond motifs is 1. The van der Waals surface area contributed by atoms with Gasteiger partial charge in [-0.05, 0) is 68.4 Å². The van der Waals surface area contributed by atoms with Crippen molar-refractivity contribution in [2.45, 2.75) is 19.4 Å². The van der Waals surface area contributed by atoms with Gasteiger partial charge in [-0.3, -0.25) is 14.7 Å². The van der Waals surface area contributed by atoms with Gasteiger partial charge in [-0.15, -0.1) is 0 Å². The second-order valence-electron chi connectivity index (χ2n) is 9.06. The van der Waals surface area contributed by atoms with E-state index in [0.29, 0.717) is 57.8 Å². The van der Waals surface area contributed by atoms with Crippen LogP contribution in [0.5, 0.6) is 11.5 Å². The van der Waals surface area contributed by atoms with E-state index in [0.717, 1.165) is 25.3 Å². The number of anilines is 3. The van der Waals surface area contributed by atoms with Gasteiger partial charge in [0.1, 0.15) is 36.9 Å². The van der Waals surface area contributed by atoms with Crippen LogP contribution in [0.1, 0.15) is 18.5 Å². The number of benzene rings is 2. The molecular formula is C29H29ClN6O3. The van der Waals surface area contributed by atoms with Gasteiger partial charge in [-0.2, -0.15) is 0 Å². The zero-order chi connectivity index (χ0) is 27.0. The largest absolute Gasteiger partial charge is 0.490 e. The number of pyridine rings is 1. The summed E-state index contributed by atoms with van der Waals surface area (Å²) in [7, 11) is 0. The number of halogens is 1. The van der Waals surface area contributed by atoms with Gasteiger partial charge in [0, 0.05) is 29.9 Å². The van der Waals surface area contributed by atoms with Crippen molar-refractivity contribution in [3.05, 3.63) is 84.4 Å². The second-order valence-corrected chi connectivity index (χ2v) is 9.47. The molecule has 2 N–H and O–H groups in total. The molecule has 10 heteroatoms. The average molecular weight is 545 g/mol. The Morgan fingerprint density at radius 1 is 1.05 bits per heavy atom. The summed E-state index contributed by atoms with van der Waals surface area (Å²) in [5, 5.41) is 7.29. The van der Waals surface area contributed by atoms with Gasteiger partial charge in [-0.25, -0.2) is 9.97 Å². The number of rotatable bonds is 11. The van der Waals surface area contributed by atoms with Crippen LogP contribution >= 0.6 is 11.6 Å². The topological polar surface area (TPSA) is 102 Å². The van der Waals surface area contributed by atoms with Crippen molar-refractivity contribution < 1.29 is 14.3 Å². The van der Waals surface area contributed by atoms with Crippen molar-refractivity contribution in [3.63, 3.8) is 0 Å². The Labute approximate surface area is 231 Å². The molecule has 2 aromatic carbocycles. The van der Waals surface area contributed by atoms with Crippen LogP contribution in [-0.4, -0.2) is 52.0 Å². The molecular weight excluding hydrogens is 516 g/mol. The summed E-state index contributed by atoms with van der Waals surface area (Å²) in [4.78, 5) is 27.7. The van der Waals surface area contributed by atoms with E-state index in [-0.39, 0.29) is 5.91 Å². The summed E-state index contributed by atoms with van der Waals surface area (Å²) in [5.41, 5.74) is 2.71. The minimum Gasteiger partial charge on any atom is -0.490 e. The third-order valence-corrected chi connectivity index (χ3v) is 6.64. The van der Waals surface area contributed by atoms with Gasteiger partial charge in [0.05, 0.1) is 21.9 Å². The fourth-order valence-corrected chi connectivity index (χ4v) is 4.58. The van der Waals surface area contributed by atoms with Gasteiger partial charge in [-0.1, -0.05) is 24.2 Å². The fraction of sp³-hybridized carbons (Fsp3) is 0.241. The third-order valence-electron chi connectivity index (χ3n) is 6.34. The van der Waals surface area contributed by atoms with Crippen LogP contribution in [0.4, 0.5) is 17.2 Å². The normalized spacial score (nSPS) is 13.3. The van der Waals surface area contributed by atoms with Crippen molar-refractivity contribution in [1.82, 2.24) is 19.9 Å². The standard InChI is InChI=1S/C29H29ClN6O3/c1-2-28(37)35-25-16-22-24(17-27(25)38-14-13-36-11-5-6-12-36)32-19-33-29(22)34-20-8-9-26(23(30)15-20)39-18-21-7-3-4-10-31-21/h2-4,7-10,15-17,19H,1,5-6,11-14,18H2,(H,35,37)(H,32,33,34). The molecule has 1 aliphatic rings. The summed E-state index contributed by atoms with van der Waals surface area (Å²) in [5.74, 6) is 1.30. The summed E-state index contributed by atoms with van der Waals surface area (Å²) < 4.78 is 11.9. The van der Waals surface area contributed by atoms with Crippen molar-refractivity contribution >= 4 is 45.6 Å². The first-order valence-corrected chi connectivity index (χ1v) is 13.1. The van der Waals surface area contributed by atoms with Crippen LogP contribution in [0.2, 0.25) is 5.02 Å². The Hall–Kier alpha value is -4.21. The maximum atomic E-state index is 12.2. The Morgan fingerprint density at radius 2 is 1.92 bits per heavy atom. The number of nitrogens with zero attached hydrogens (tertiary/aromatic N) is 4. The Balaban J connectivity index is 1.35. The lowest BCUT2D eigenvalue weighted by Gasteiger charge is -2.18. The number of likely N-dealkylation sites (tertiary alicyclic amines) is 1. The van der Waals surface area contributed by atoms with Gasteiger partial charge < -0.3 is 20.1 Å². The van der Waals surface area contributed by atoms with Crippen molar-refractivity contribution in [1.29, 1.82) is 0 Å². The Kier molecular flexibility index (Phi) is 8.50. The first kappa shape index (κ1) is 26.4. The molecule has 200 valence electrons. The van der Waals surface area contributed by atoms with E-state index < -0.39 is 0 Å². The molecule has 1 amide bonds. The lowest BCUT2D eigenvalue weighted by molar-refractivity contribution is -0.111. The van der Waals surface area contributed by atoms with Gasteiger partial charge in [0.15, 0.2) is 0 Å². The molecule has 1 fully saturated rings. The summed E-state index contributed by atoms with van der Waals surface area (Å²) in [6.45, 7) is 7.38. The summed E-state index contributed by atoms with van der Waals surface area (Å²) in [6.07, 6.45) is 6.85. The maximum absolute atomic E-state index is 12.2. The molecule has 5 rings (SSSR count). The highest BCUT2D eigenvalue weighted by molar-refractivity contribution is 6.32. The number of amides is 1. The molecule has 0 atom stereocenters. The van der Waals surface area contributed by atoms with E-state index in [2.05, 4.69) is 37.1 Å². The lowest BCUT2D eigenvalue weighted by atomic mass is 10.1. The number of hydrogen-bond donors (Lipinski definition) is 2. The molecule has 39 heavy (non-hydrogen) atoms. The lowest BCUT2D eigenvalue weighted by Crippen LogP contribution is -2.25. The molecule has 1 aliphatic heterocycles. The highest BCUT2D eigenvalue weighted by atomic mass is 35.5. The van der Waals surface area contributed by atoms with E-state index in [1.165, 1.54) is 25.2 Å². The quantitative estimate of drug-likeness (QED) is 0.235. The maximum Gasteiger partial charge on any atom is 0.247 e. The van der Waals surface area contributed by atoms with E-state index in [1.54, 1.807) is 24.4 Å². The smallest absolute Gasteiger partial charge is 0.247 e. The molecule has 1 saturated heterocycles. The minimum atomic E-state index is -0.335. The minimum absolute atomic E-state index is 0.311. The van der Waals surface area contributed by atoms with E-state index in [9.17, 15) is 4.79 Å². The van der Waals surface area contributed by atoms with Crippen LogP contribution < -0.4 is 20.1 Å². The predicted molar refractivity (Wildman–Crippen MR) is 153 cm³/mol. The fourth-order valence-electron chi connectivity index (χ4n) is 4.34. The van der Waals surface area contributed by atoms with Crippen LogP contribution in [-0.2, 0) is 11.4 Å². The molecule has 3 heterocycles. The highest BCUT2D eigenvalue weighted by Crippen LogP contribution is 2.35. The Bertz CT molecular complexity index is 1460. The first-order valence-electron chi connectivity index (χ1n) is 12.8. The zero-order valence-electron chi connectivity index (χ0n) is 21.4. The Morgan fingerprint density at radius 3 is 2.69 bits per heavy atom. The van der Waals surface area contributed by atoms with Crippen molar-refractivity contribution in [3.8, 4) is 11.5 Å². The van der Waals surface area contributed by atoms with E-state index in [1.807, 2.05) is 30.3 Å². The monoisotopic (exact) mass is 544 g/mol. The van der Waals surface area contributed by atoms with Crippen LogP contribution in [0, 0.1) is 0 Å². The summed E-state index contributed by atoms with van der Waals surface area (Å²) in [6, 6.07) is 14.7. The number of nitrogens with one attached hydrogen (secondary N) is 2. The highest BCUT2D eigenvalue weighted by Gasteiger charge is 2.15. The second kappa shape index (κ2) is 12.6. The molecule has 4 aromatic rings. The molecule has 0 aliphatic carbocycles. The number of aromatic nitrogens is 3. The predicted octanol–water partition coefficient (Wildman–Crippen LogP) is 5.60. The van der Waals surface area contributed by atoms with Crippen LogP contribution in [0.3, 0.4) is 0 Å². The number of carbonyl (C=O) groups is 1. The van der Waals surface area contributed by atoms with Gasteiger partial charge >= 0.3 is 0 Å². The number of carbonyl (C=O) groups excluding carboxylic acids is 1. The van der Waals surface area contributed by atoms with Crippen LogP contribution in [0.25, 0.3) is 10.9 Å². The van der Waals surface area contributed by atoms with E-state index in [4.69, 9.17) is 21.1 Å². The summed E-state index contributed by atoms with van der Waals surface area (Å²) >= 11 is 6.50. The molecule has 9 nitrogen and oxygen atoms in total.